The maximum Gasteiger partial charge on any atom is 0.146 e. The summed E-state index contributed by atoms with van der Waals surface area (Å²) in [6.07, 6.45) is 24.7. The van der Waals surface area contributed by atoms with Crippen LogP contribution in [-0.4, -0.2) is 14.2 Å². The van der Waals surface area contributed by atoms with Crippen LogP contribution in [0.2, 0.25) is 0 Å². The highest BCUT2D eigenvalue weighted by Gasteiger charge is 2.17. The zero-order chi connectivity index (χ0) is 32.5. The van der Waals surface area contributed by atoms with E-state index in [4.69, 9.17) is 9.47 Å². The molecule has 5 aromatic carbocycles. The Morgan fingerprint density at radius 2 is 0.809 bits per heavy atom. The quantitative estimate of drug-likeness (QED) is 0.123. The minimum absolute atomic E-state index is 0.722. The Labute approximate surface area is 279 Å². The molecule has 0 N–H and O–H groups in total. The molecule has 0 aromatic heterocycles. The highest BCUT2D eigenvalue weighted by molar-refractivity contribution is 5.81. The van der Waals surface area contributed by atoms with Crippen LogP contribution in [0.3, 0.4) is 0 Å². The Morgan fingerprint density at radius 1 is 0.404 bits per heavy atom. The lowest BCUT2D eigenvalue weighted by Crippen LogP contribution is -2.11. The second kappa shape index (κ2) is 17.4. The Hall–Kier alpha value is -6.06. The van der Waals surface area contributed by atoms with Crippen molar-refractivity contribution in [3.05, 3.63) is 198 Å². The van der Waals surface area contributed by atoms with E-state index in [0.29, 0.717) is 0 Å². The first-order valence-electron chi connectivity index (χ1n) is 15.6. The summed E-state index contributed by atoms with van der Waals surface area (Å²) in [4.78, 5) is 2.20. The van der Waals surface area contributed by atoms with Gasteiger partial charge in [-0.15, -0.1) is 0 Å². The number of nitrogens with zero attached hydrogens (tertiary/aromatic N) is 1. The Bertz CT molecular complexity index is 1750. The highest BCUT2D eigenvalue weighted by Crippen LogP contribution is 2.41. The topological polar surface area (TPSA) is 21.7 Å². The van der Waals surface area contributed by atoms with Gasteiger partial charge in [0.25, 0.3) is 0 Å². The molecule has 3 nitrogen and oxygen atoms in total. The fourth-order valence-electron chi connectivity index (χ4n) is 4.92. The van der Waals surface area contributed by atoms with Crippen LogP contribution in [0.15, 0.2) is 176 Å². The van der Waals surface area contributed by atoms with Gasteiger partial charge in [-0.2, -0.15) is 0 Å². The van der Waals surface area contributed by atoms with Crippen LogP contribution >= 0.6 is 0 Å². The fraction of sp³-hybridized carbons (Fsp3) is 0.0455. The Kier molecular flexibility index (Phi) is 12.0. The largest absolute Gasteiger partial charge is 0.497 e. The molecule has 0 atom stereocenters. The van der Waals surface area contributed by atoms with E-state index in [9.17, 15) is 0 Å². The number of methoxy groups -OCH3 is 2. The summed E-state index contributed by atoms with van der Waals surface area (Å²) in [5, 5.41) is 0. The highest BCUT2D eigenvalue weighted by atomic mass is 16.5. The van der Waals surface area contributed by atoms with Gasteiger partial charge in [-0.1, -0.05) is 158 Å². The van der Waals surface area contributed by atoms with Crippen molar-refractivity contribution in [1.29, 1.82) is 0 Å². The molecule has 0 spiro atoms. The van der Waals surface area contributed by atoms with Crippen LogP contribution < -0.4 is 14.4 Å². The molecule has 0 bridgehead atoms. The molecule has 0 fully saturated rings. The molecular weight excluding hydrogens is 574 g/mol. The van der Waals surface area contributed by atoms with E-state index in [1.165, 1.54) is 11.1 Å². The maximum atomic E-state index is 5.82. The molecule has 5 aromatic rings. The van der Waals surface area contributed by atoms with Crippen LogP contribution in [0.4, 0.5) is 17.1 Å². The fourth-order valence-corrected chi connectivity index (χ4v) is 4.92. The first-order valence-corrected chi connectivity index (χ1v) is 15.6. The summed E-state index contributed by atoms with van der Waals surface area (Å²) >= 11 is 0. The minimum atomic E-state index is 0.722. The van der Waals surface area contributed by atoms with Crippen molar-refractivity contribution in [3.8, 4) is 11.5 Å². The second-order valence-electron chi connectivity index (χ2n) is 10.6. The van der Waals surface area contributed by atoms with E-state index in [2.05, 4.69) is 114 Å². The average molecular weight is 614 g/mol. The van der Waals surface area contributed by atoms with Crippen molar-refractivity contribution < 1.29 is 9.47 Å². The molecule has 0 saturated heterocycles. The van der Waals surface area contributed by atoms with Crippen LogP contribution in [0.5, 0.6) is 11.5 Å². The normalized spacial score (nSPS) is 12.0. The van der Waals surface area contributed by atoms with Gasteiger partial charge in [0.2, 0.25) is 0 Å². The molecule has 0 radical (unpaired) electrons. The molecule has 0 aliphatic heterocycles. The van der Waals surface area contributed by atoms with Crippen LogP contribution in [0.25, 0.3) is 24.3 Å². The molecule has 3 heteroatoms. The van der Waals surface area contributed by atoms with E-state index in [1.807, 2.05) is 91.1 Å². The average Bonchev–Trinajstić information content (AvgIpc) is 3.13. The lowest BCUT2D eigenvalue weighted by Gasteiger charge is -2.27. The number of ether oxygens (including phenoxy) is 2. The zero-order valence-corrected chi connectivity index (χ0v) is 26.8. The van der Waals surface area contributed by atoms with Crippen molar-refractivity contribution in [1.82, 2.24) is 0 Å². The standard InChI is InChI=1S/C44H39NO2/c1-46-42-33-34-43(44(35-42)47-2)45(40-29-25-38(26-30-40)23-11-5-3-9-17-36-19-13-7-14-20-36)41-31-27-39(28-32-41)24-12-6-4-10-18-37-21-15-8-16-22-37/h3-35H,1-2H3. The smallest absolute Gasteiger partial charge is 0.146 e. The van der Waals surface area contributed by atoms with Crippen molar-refractivity contribution in [2.24, 2.45) is 0 Å². The van der Waals surface area contributed by atoms with Crippen LogP contribution in [0.1, 0.15) is 22.3 Å². The van der Waals surface area contributed by atoms with Gasteiger partial charge in [-0.3, -0.25) is 0 Å². The third-order valence-electron chi connectivity index (χ3n) is 7.35. The lowest BCUT2D eigenvalue weighted by atomic mass is 10.1. The van der Waals surface area contributed by atoms with E-state index in [-0.39, 0.29) is 0 Å². The predicted molar refractivity (Wildman–Crippen MR) is 202 cm³/mol. The van der Waals surface area contributed by atoms with E-state index in [1.54, 1.807) is 14.2 Å². The van der Waals surface area contributed by atoms with Gasteiger partial charge >= 0.3 is 0 Å². The summed E-state index contributed by atoms with van der Waals surface area (Å²) in [6, 6.07) is 43.5. The third-order valence-corrected chi connectivity index (χ3v) is 7.35. The Morgan fingerprint density at radius 3 is 1.19 bits per heavy atom. The molecule has 0 heterocycles. The summed E-state index contributed by atoms with van der Waals surface area (Å²) < 4.78 is 11.3. The SMILES string of the molecule is COc1ccc(N(c2ccc(C=CC=CC=Cc3ccccc3)cc2)c2ccc(C=CC=CC=Cc3ccccc3)cc2)c(OC)c1. The first kappa shape index (κ1) is 32.3. The second-order valence-corrected chi connectivity index (χ2v) is 10.6. The van der Waals surface area contributed by atoms with Crippen molar-refractivity contribution in [2.45, 2.75) is 0 Å². The van der Waals surface area contributed by atoms with Gasteiger partial charge in [0.05, 0.1) is 19.9 Å². The molecule has 0 unspecified atom stereocenters. The number of hydrogen-bond donors (Lipinski definition) is 0. The molecule has 232 valence electrons. The van der Waals surface area contributed by atoms with Gasteiger partial charge in [-0.05, 0) is 58.7 Å². The van der Waals surface area contributed by atoms with Crippen LogP contribution in [0, 0.1) is 0 Å². The third kappa shape index (κ3) is 9.71. The van der Waals surface area contributed by atoms with Gasteiger partial charge in [0.1, 0.15) is 11.5 Å². The summed E-state index contributed by atoms with van der Waals surface area (Å²) in [5.74, 6) is 1.46. The van der Waals surface area contributed by atoms with Gasteiger partial charge < -0.3 is 14.4 Å². The zero-order valence-electron chi connectivity index (χ0n) is 26.8. The molecule has 47 heavy (non-hydrogen) atoms. The molecule has 5 rings (SSSR count). The Balaban J connectivity index is 1.32. The number of benzene rings is 5. The van der Waals surface area contributed by atoms with E-state index >= 15 is 0 Å². The lowest BCUT2D eigenvalue weighted by molar-refractivity contribution is 0.395. The molecule has 0 aliphatic rings. The van der Waals surface area contributed by atoms with Gasteiger partial charge in [0, 0.05) is 17.4 Å². The number of allylic oxidation sites excluding steroid dienone is 8. The molecule has 0 aliphatic carbocycles. The van der Waals surface area contributed by atoms with E-state index in [0.717, 1.165) is 39.7 Å². The van der Waals surface area contributed by atoms with Crippen molar-refractivity contribution in [3.63, 3.8) is 0 Å². The maximum absolute atomic E-state index is 5.82. The predicted octanol–water partition coefficient (Wildman–Crippen LogP) is 11.7. The number of anilines is 3. The van der Waals surface area contributed by atoms with Gasteiger partial charge in [0.15, 0.2) is 0 Å². The number of rotatable bonds is 13. The van der Waals surface area contributed by atoms with Crippen molar-refractivity contribution >= 4 is 41.4 Å². The minimum Gasteiger partial charge on any atom is -0.497 e. The number of hydrogen-bond acceptors (Lipinski definition) is 3. The van der Waals surface area contributed by atoms with Crippen LogP contribution in [-0.2, 0) is 0 Å². The van der Waals surface area contributed by atoms with E-state index < -0.39 is 0 Å². The summed E-state index contributed by atoms with van der Waals surface area (Å²) in [5.41, 5.74) is 7.54. The first-order chi connectivity index (χ1) is 23.2. The summed E-state index contributed by atoms with van der Waals surface area (Å²) in [6.45, 7) is 0. The molecule has 0 saturated carbocycles. The monoisotopic (exact) mass is 613 g/mol. The molecule has 0 amide bonds. The summed E-state index contributed by atoms with van der Waals surface area (Å²) in [7, 11) is 3.34. The van der Waals surface area contributed by atoms with Crippen molar-refractivity contribution in [2.75, 3.05) is 19.1 Å². The van der Waals surface area contributed by atoms with Gasteiger partial charge in [-0.25, -0.2) is 0 Å². The molecular formula is C44H39NO2.